The van der Waals surface area contributed by atoms with Gasteiger partial charge in [-0.2, -0.15) is 0 Å². The van der Waals surface area contributed by atoms with Gasteiger partial charge in [0, 0.05) is 5.75 Å². The maximum absolute atomic E-state index is 12.2. The maximum Gasteiger partial charge on any atom is 0.230 e. The van der Waals surface area contributed by atoms with Crippen molar-refractivity contribution in [3.63, 3.8) is 0 Å². The standard InChI is InChI=1S/C20H23NOS/c1-15-6-4-7-16(12-15)13-23-14-20(22)21-19-11-5-9-17-8-2-3-10-18(17)19/h2-4,6-8,10,12,19H,5,9,11,13-14H2,1H3,(H,21,22)/t19-/m1/s1. The summed E-state index contributed by atoms with van der Waals surface area (Å²) >= 11 is 1.68. The van der Waals surface area contributed by atoms with E-state index in [9.17, 15) is 4.79 Å². The average Bonchev–Trinajstić information content (AvgIpc) is 2.55. The molecule has 1 amide bonds. The molecule has 0 saturated carbocycles. The fraction of sp³-hybridized carbons (Fsp3) is 0.350. The van der Waals surface area contributed by atoms with Gasteiger partial charge in [0.15, 0.2) is 0 Å². The van der Waals surface area contributed by atoms with Crippen molar-refractivity contribution < 1.29 is 4.79 Å². The molecule has 0 aromatic heterocycles. The Morgan fingerprint density at radius 2 is 2.09 bits per heavy atom. The molecule has 1 atom stereocenters. The monoisotopic (exact) mass is 325 g/mol. The fourth-order valence-corrected chi connectivity index (χ4v) is 3.99. The number of hydrogen-bond acceptors (Lipinski definition) is 2. The van der Waals surface area contributed by atoms with E-state index in [4.69, 9.17) is 0 Å². The van der Waals surface area contributed by atoms with Crippen molar-refractivity contribution in [2.75, 3.05) is 5.75 Å². The molecule has 1 aliphatic carbocycles. The zero-order valence-electron chi connectivity index (χ0n) is 13.5. The van der Waals surface area contributed by atoms with E-state index in [1.54, 1.807) is 11.8 Å². The van der Waals surface area contributed by atoms with Gasteiger partial charge in [0.1, 0.15) is 0 Å². The lowest BCUT2D eigenvalue weighted by atomic mass is 9.88. The molecule has 120 valence electrons. The topological polar surface area (TPSA) is 29.1 Å². The van der Waals surface area contributed by atoms with Crippen LogP contribution in [0.25, 0.3) is 0 Å². The molecule has 0 bridgehead atoms. The third-order valence-electron chi connectivity index (χ3n) is 4.29. The Kier molecular flexibility index (Phi) is 5.39. The largest absolute Gasteiger partial charge is 0.349 e. The van der Waals surface area contributed by atoms with Crippen LogP contribution in [0.2, 0.25) is 0 Å². The molecule has 0 heterocycles. The van der Waals surface area contributed by atoms with Crippen LogP contribution in [0.15, 0.2) is 48.5 Å². The number of hydrogen-bond donors (Lipinski definition) is 1. The minimum atomic E-state index is 0.143. The predicted octanol–water partition coefficient (Wildman–Crippen LogP) is 4.42. The Morgan fingerprint density at radius 1 is 1.22 bits per heavy atom. The summed E-state index contributed by atoms with van der Waals surface area (Å²) in [5, 5.41) is 3.21. The Balaban J connectivity index is 1.50. The zero-order valence-corrected chi connectivity index (χ0v) is 14.4. The van der Waals surface area contributed by atoms with Gasteiger partial charge in [0.25, 0.3) is 0 Å². The van der Waals surface area contributed by atoms with Crippen molar-refractivity contribution in [2.24, 2.45) is 0 Å². The molecule has 23 heavy (non-hydrogen) atoms. The molecule has 0 saturated heterocycles. The molecule has 0 radical (unpaired) electrons. The summed E-state index contributed by atoms with van der Waals surface area (Å²) in [6, 6.07) is 17.1. The highest BCUT2D eigenvalue weighted by atomic mass is 32.2. The van der Waals surface area contributed by atoms with Gasteiger partial charge in [0.2, 0.25) is 5.91 Å². The molecule has 1 N–H and O–H groups in total. The molecule has 1 aliphatic rings. The van der Waals surface area contributed by atoms with E-state index in [-0.39, 0.29) is 11.9 Å². The zero-order chi connectivity index (χ0) is 16.1. The quantitative estimate of drug-likeness (QED) is 0.881. The second kappa shape index (κ2) is 7.69. The Bertz CT molecular complexity index is 683. The first-order valence-electron chi connectivity index (χ1n) is 8.23. The van der Waals surface area contributed by atoms with Crippen LogP contribution in [-0.2, 0) is 17.0 Å². The van der Waals surface area contributed by atoms with Gasteiger partial charge in [-0.15, -0.1) is 11.8 Å². The van der Waals surface area contributed by atoms with Gasteiger partial charge in [-0.1, -0.05) is 54.1 Å². The first-order valence-corrected chi connectivity index (χ1v) is 9.38. The number of rotatable bonds is 5. The second-order valence-corrected chi connectivity index (χ2v) is 7.18. The summed E-state index contributed by atoms with van der Waals surface area (Å²) in [5.41, 5.74) is 5.24. The van der Waals surface area contributed by atoms with Crippen LogP contribution in [0, 0.1) is 6.92 Å². The molecule has 2 nitrogen and oxygen atoms in total. The predicted molar refractivity (Wildman–Crippen MR) is 97.6 cm³/mol. The summed E-state index contributed by atoms with van der Waals surface area (Å²) in [5.74, 6) is 1.55. The van der Waals surface area contributed by atoms with E-state index in [2.05, 4.69) is 60.8 Å². The Morgan fingerprint density at radius 3 is 2.96 bits per heavy atom. The van der Waals surface area contributed by atoms with Crippen molar-refractivity contribution in [2.45, 2.75) is 38.0 Å². The van der Waals surface area contributed by atoms with Gasteiger partial charge < -0.3 is 5.32 Å². The molecule has 0 fully saturated rings. The van der Waals surface area contributed by atoms with Crippen molar-refractivity contribution >= 4 is 17.7 Å². The van der Waals surface area contributed by atoms with Gasteiger partial charge in [-0.3, -0.25) is 4.79 Å². The SMILES string of the molecule is Cc1cccc(CSCC(=O)N[C@@H]2CCCc3ccccc32)c1. The van der Waals surface area contributed by atoms with E-state index in [1.807, 2.05) is 0 Å². The van der Waals surface area contributed by atoms with E-state index in [0.29, 0.717) is 5.75 Å². The Labute approximate surface area is 142 Å². The Hall–Kier alpha value is -1.74. The van der Waals surface area contributed by atoms with Gasteiger partial charge in [-0.25, -0.2) is 0 Å². The fourth-order valence-electron chi connectivity index (χ4n) is 3.20. The number of fused-ring (bicyclic) bond motifs is 1. The summed E-state index contributed by atoms with van der Waals surface area (Å²) in [6.45, 7) is 2.10. The second-order valence-electron chi connectivity index (χ2n) is 6.19. The molecular formula is C20H23NOS. The lowest BCUT2D eigenvalue weighted by Gasteiger charge is -2.26. The van der Waals surface area contributed by atoms with Crippen LogP contribution < -0.4 is 5.32 Å². The number of benzene rings is 2. The molecule has 0 aliphatic heterocycles. The van der Waals surface area contributed by atoms with Gasteiger partial charge in [0.05, 0.1) is 11.8 Å². The molecular weight excluding hydrogens is 302 g/mol. The molecule has 3 rings (SSSR count). The highest BCUT2D eigenvalue weighted by Crippen LogP contribution is 2.29. The lowest BCUT2D eigenvalue weighted by molar-refractivity contribution is -0.119. The van der Waals surface area contributed by atoms with Crippen LogP contribution in [0.5, 0.6) is 0 Å². The van der Waals surface area contributed by atoms with Crippen molar-refractivity contribution in [1.29, 1.82) is 0 Å². The number of nitrogens with one attached hydrogen (secondary N) is 1. The summed E-state index contributed by atoms with van der Waals surface area (Å²) < 4.78 is 0. The first-order chi connectivity index (χ1) is 11.2. The highest BCUT2D eigenvalue weighted by Gasteiger charge is 2.21. The minimum absolute atomic E-state index is 0.143. The third kappa shape index (κ3) is 4.38. The molecule has 0 unspecified atom stereocenters. The van der Waals surface area contributed by atoms with E-state index in [0.717, 1.165) is 25.0 Å². The summed E-state index contributed by atoms with van der Waals surface area (Å²) in [4.78, 5) is 12.2. The summed E-state index contributed by atoms with van der Waals surface area (Å²) in [6.07, 6.45) is 3.33. The van der Waals surface area contributed by atoms with E-state index < -0.39 is 0 Å². The van der Waals surface area contributed by atoms with Crippen molar-refractivity contribution in [3.05, 3.63) is 70.8 Å². The van der Waals surface area contributed by atoms with E-state index >= 15 is 0 Å². The van der Waals surface area contributed by atoms with Crippen LogP contribution in [0.4, 0.5) is 0 Å². The highest BCUT2D eigenvalue weighted by molar-refractivity contribution is 7.99. The lowest BCUT2D eigenvalue weighted by Crippen LogP contribution is -2.32. The average molecular weight is 325 g/mol. The van der Waals surface area contributed by atoms with Gasteiger partial charge in [-0.05, 0) is 42.9 Å². The maximum atomic E-state index is 12.2. The molecule has 3 heteroatoms. The summed E-state index contributed by atoms with van der Waals surface area (Å²) in [7, 11) is 0. The van der Waals surface area contributed by atoms with Crippen LogP contribution in [0.3, 0.4) is 0 Å². The number of carbonyl (C=O) groups excluding carboxylic acids is 1. The third-order valence-corrected chi connectivity index (χ3v) is 5.29. The van der Waals surface area contributed by atoms with Crippen LogP contribution in [0.1, 0.15) is 41.1 Å². The van der Waals surface area contributed by atoms with Crippen LogP contribution in [-0.4, -0.2) is 11.7 Å². The first kappa shape index (κ1) is 16.1. The van der Waals surface area contributed by atoms with Crippen molar-refractivity contribution in [3.8, 4) is 0 Å². The van der Waals surface area contributed by atoms with Crippen molar-refractivity contribution in [1.82, 2.24) is 5.32 Å². The van der Waals surface area contributed by atoms with E-state index in [1.165, 1.54) is 22.3 Å². The van der Waals surface area contributed by atoms with Crippen LogP contribution >= 0.6 is 11.8 Å². The molecule has 2 aromatic carbocycles. The number of aryl methyl sites for hydroxylation is 2. The number of thioether (sulfide) groups is 1. The van der Waals surface area contributed by atoms with Gasteiger partial charge >= 0.3 is 0 Å². The molecule has 2 aromatic rings. The number of carbonyl (C=O) groups is 1. The normalized spacial score (nSPS) is 16.7. The molecule has 0 spiro atoms. The minimum Gasteiger partial charge on any atom is -0.349 e. The number of amides is 1. The smallest absolute Gasteiger partial charge is 0.230 e.